The summed E-state index contributed by atoms with van der Waals surface area (Å²) >= 11 is 0. The molecule has 0 fully saturated rings. The average molecular weight is 294 g/mol. The van der Waals surface area contributed by atoms with Gasteiger partial charge in [-0.2, -0.15) is 0 Å². The lowest BCUT2D eigenvalue weighted by Crippen LogP contribution is -2.06. The topological polar surface area (TPSA) is 54.4 Å². The van der Waals surface area contributed by atoms with Gasteiger partial charge in [0.25, 0.3) is 0 Å². The van der Waals surface area contributed by atoms with Gasteiger partial charge in [-0.1, -0.05) is 42.5 Å². The SMILES string of the molecule is Cc1ccc(/C=C/C(=O)Cc2ccccc2C(=O)O)cc1C. The highest BCUT2D eigenvalue weighted by atomic mass is 16.4. The molecule has 0 bridgehead atoms. The molecule has 22 heavy (non-hydrogen) atoms. The summed E-state index contributed by atoms with van der Waals surface area (Å²) in [5.74, 6) is -1.13. The molecule has 112 valence electrons. The molecule has 0 radical (unpaired) electrons. The van der Waals surface area contributed by atoms with Gasteiger partial charge < -0.3 is 5.11 Å². The molecule has 0 aliphatic rings. The maximum atomic E-state index is 12.0. The van der Waals surface area contributed by atoms with Crippen molar-refractivity contribution in [3.8, 4) is 0 Å². The number of ketones is 1. The molecule has 0 spiro atoms. The average Bonchev–Trinajstić information content (AvgIpc) is 2.49. The minimum atomic E-state index is -1.01. The molecule has 0 aromatic heterocycles. The summed E-state index contributed by atoms with van der Waals surface area (Å²) in [4.78, 5) is 23.2. The summed E-state index contributed by atoms with van der Waals surface area (Å²) in [5.41, 5.74) is 4.05. The number of carboxylic acids is 1. The van der Waals surface area contributed by atoms with Crippen LogP contribution in [0.1, 0.15) is 32.6 Å². The summed E-state index contributed by atoms with van der Waals surface area (Å²) in [6, 6.07) is 12.6. The molecule has 0 aliphatic heterocycles. The molecular weight excluding hydrogens is 276 g/mol. The van der Waals surface area contributed by atoms with Crippen LogP contribution in [0.3, 0.4) is 0 Å². The third kappa shape index (κ3) is 3.92. The molecule has 2 aromatic rings. The number of aryl methyl sites for hydroxylation is 2. The van der Waals surface area contributed by atoms with Crippen LogP contribution in [0.4, 0.5) is 0 Å². The standard InChI is InChI=1S/C19H18O3/c1-13-7-8-15(11-14(13)2)9-10-17(20)12-16-5-3-4-6-18(16)19(21)22/h3-11H,12H2,1-2H3,(H,21,22)/b10-9+. The number of allylic oxidation sites excluding steroid dienone is 1. The van der Waals surface area contributed by atoms with Crippen molar-refractivity contribution in [1.82, 2.24) is 0 Å². The predicted molar refractivity (Wildman–Crippen MR) is 87.1 cm³/mol. The van der Waals surface area contributed by atoms with Crippen LogP contribution in [-0.2, 0) is 11.2 Å². The molecular formula is C19H18O3. The van der Waals surface area contributed by atoms with Gasteiger partial charge in [0.05, 0.1) is 5.56 Å². The van der Waals surface area contributed by atoms with Crippen molar-refractivity contribution in [1.29, 1.82) is 0 Å². The molecule has 1 N–H and O–H groups in total. The van der Waals surface area contributed by atoms with Gasteiger partial charge in [-0.15, -0.1) is 0 Å². The summed E-state index contributed by atoms with van der Waals surface area (Å²) in [5, 5.41) is 9.11. The van der Waals surface area contributed by atoms with Crippen molar-refractivity contribution in [3.05, 3.63) is 76.4 Å². The zero-order valence-corrected chi connectivity index (χ0v) is 12.7. The van der Waals surface area contributed by atoms with Gasteiger partial charge in [0.15, 0.2) is 5.78 Å². The van der Waals surface area contributed by atoms with Crippen molar-refractivity contribution < 1.29 is 14.7 Å². The fraction of sp³-hybridized carbons (Fsp3) is 0.158. The molecule has 2 rings (SSSR count). The lowest BCUT2D eigenvalue weighted by Gasteiger charge is -2.03. The fourth-order valence-electron chi connectivity index (χ4n) is 2.19. The van der Waals surface area contributed by atoms with Gasteiger partial charge in [0, 0.05) is 6.42 Å². The van der Waals surface area contributed by atoms with Crippen LogP contribution in [0, 0.1) is 13.8 Å². The maximum Gasteiger partial charge on any atom is 0.335 e. The van der Waals surface area contributed by atoms with Gasteiger partial charge in [-0.05, 0) is 48.2 Å². The highest BCUT2D eigenvalue weighted by Gasteiger charge is 2.10. The second-order valence-corrected chi connectivity index (χ2v) is 5.28. The smallest absolute Gasteiger partial charge is 0.335 e. The molecule has 0 aliphatic carbocycles. The number of hydrogen-bond donors (Lipinski definition) is 1. The first-order chi connectivity index (χ1) is 10.5. The number of carbonyl (C=O) groups is 2. The van der Waals surface area contributed by atoms with Crippen molar-refractivity contribution in [2.45, 2.75) is 20.3 Å². The van der Waals surface area contributed by atoms with E-state index < -0.39 is 5.97 Å². The second kappa shape index (κ2) is 6.85. The van der Waals surface area contributed by atoms with E-state index in [1.807, 2.05) is 32.0 Å². The summed E-state index contributed by atoms with van der Waals surface area (Å²) in [6.45, 7) is 4.06. The third-order valence-corrected chi connectivity index (χ3v) is 3.61. The molecule has 0 unspecified atom stereocenters. The minimum absolute atomic E-state index is 0.0871. The summed E-state index contributed by atoms with van der Waals surface area (Å²) in [7, 11) is 0. The van der Waals surface area contributed by atoms with Gasteiger partial charge in [0.1, 0.15) is 0 Å². The first-order valence-corrected chi connectivity index (χ1v) is 7.07. The van der Waals surface area contributed by atoms with Crippen LogP contribution in [-0.4, -0.2) is 16.9 Å². The van der Waals surface area contributed by atoms with Gasteiger partial charge in [-0.25, -0.2) is 4.79 Å². The lowest BCUT2D eigenvalue weighted by atomic mass is 10.0. The Morgan fingerprint density at radius 1 is 1.05 bits per heavy atom. The van der Waals surface area contributed by atoms with E-state index in [1.165, 1.54) is 23.3 Å². The Morgan fingerprint density at radius 3 is 2.45 bits per heavy atom. The van der Waals surface area contributed by atoms with Crippen LogP contribution in [0.5, 0.6) is 0 Å². The number of carbonyl (C=O) groups excluding carboxylic acids is 1. The van der Waals surface area contributed by atoms with Gasteiger partial charge in [-0.3, -0.25) is 4.79 Å². The number of carboxylic acid groups (broad SMARTS) is 1. The van der Waals surface area contributed by atoms with Crippen molar-refractivity contribution in [2.24, 2.45) is 0 Å². The second-order valence-electron chi connectivity index (χ2n) is 5.28. The van der Waals surface area contributed by atoms with Gasteiger partial charge >= 0.3 is 5.97 Å². The lowest BCUT2D eigenvalue weighted by molar-refractivity contribution is -0.113. The molecule has 3 heteroatoms. The molecule has 0 amide bonds. The highest BCUT2D eigenvalue weighted by molar-refractivity contribution is 5.97. The Morgan fingerprint density at radius 2 is 1.77 bits per heavy atom. The minimum Gasteiger partial charge on any atom is -0.478 e. The third-order valence-electron chi connectivity index (χ3n) is 3.61. The Hall–Kier alpha value is -2.68. The molecule has 3 nitrogen and oxygen atoms in total. The zero-order valence-electron chi connectivity index (χ0n) is 12.7. The van der Waals surface area contributed by atoms with E-state index in [-0.39, 0.29) is 17.8 Å². The number of hydrogen-bond acceptors (Lipinski definition) is 2. The number of rotatable bonds is 5. The first-order valence-electron chi connectivity index (χ1n) is 7.07. The largest absolute Gasteiger partial charge is 0.478 e. The van der Waals surface area contributed by atoms with Crippen LogP contribution >= 0.6 is 0 Å². The molecule has 2 aromatic carbocycles. The Bertz CT molecular complexity index is 742. The van der Waals surface area contributed by atoms with E-state index in [9.17, 15) is 9.59 Å². The summed E-state index contributed by atoms with van der Waals surface area (Å²) in [6.07, 6.45) is 3.35. The number of aromatic carboxylic acids is 1. The Kier molecular flexibility index (Phi) is 4.89. The Balaban J connectivity index is 2.11. The number of benzene rings is 2. The Labute approximate surface area is 129 Å². The first kappa shape index (κ1) is 15.7. The van der Waals surface area contributed by atoms with E-state index in [2.05, 4.69) is 0 Å². The van der Waals surface area contributed by atoms with Gasteiger partial charge in [0.2, 0.25) is 0 Å². The van der Waals surface area contributed by atoms with E-state index in [0.717, 1.165) is 5.56 Å². The van der Waals surface area contributed by atoms with E-state index >= 15 is 0 Å². The zero-order chi connectivity index (χ0) is 16.1. The van der Waals surface area contributed by atoms with Crippen molar-refractivity contribution >= 4 is 17.8 Å². The molecule has 0 saturated heterocycles. The van der Waals surface area contributed by atoms with Crippen molar-refractivity contribution in [2.75, 3.05) is 0 Å². The van der Waals surface area contributed by atoms with Crippen LogP contribution in [0.15, 0.2) is 48.5 Å². The normalized spacial score (nSPS) is 10.8. The van der Waals surface area contributed by atoms with E-state index in [0.29, 0.717) is 5.56 Å². The predicted octanol–water partition coefficient (Wildman–Crippen LogP) is 3.83. The fourth-order valence-corrected chi connectivity index (χ4v) is 2.19. The monoisotopic (exact) mass is 294 g/mol. The van der Waals surface area contributed by atoms with Crippen LogP contribution < -0.4 is 0 Å². The highest BCUT2D eigenvalue weighted by Crippen LogP contribution is 2.13. The summed E-state index contributed by atoms with van der Waals surface area (Å²) < 4.78 is 0. The van der Waals surface area contributed by atoms with E-state index in [1.54, 1.807) is 24.3 Å². The quantitative estimate of drug-likeness (QED) is 0.853. The maximum absolute atomic E-state index is 12.0. The van der Waals surface area contributed by atoms with Crippen molar-refractivity contribution in [3.63, 3.8) is 0 Å². The molecule has 0 atom stereocenters. The van der Waals surface area contributed by atoms with Crippen LogP contribution in [0.2, 0.25) is 0 Å². The van der Waals surface area contributed by atoms with Crippen LogP contribution in [0.25, 0.3) is 6.08 Å². The molecule has 0 saturated carbocycles. The molecule has 0 heterocycles. The van der Waals surface area contributed by atoms with E-state index in [4.69, 9.17) is 5.11 Å².